The third-order valence-corrected chi connectivity index (χ3v) is 8.35. The lowest BCUT2D eigenvalue weighted by molar-refractivity contribution is -0.147. The average molecular weight is 529 g/mol. The Hall–Kier alpha value is -3.17. The van der Waals surface area contributed by atoms with Gasteiger partial charge < -0.3 is 14.9 Å². The minimum atomic E-state index is -1.12. The van der Waals surface area contributed by atoms with Crippen LogP contribution in [0.1, 0.15) is 55.3 Å². The molecule has 3 atom stereocenters. The molecule has 202 valence electrons. The predicted molar refractivity (Wildman–Crippen MR) is 135 cm³/mol. The van der Waals surface area contributed by atoms with Crippen molar-refractivity contribution in [1.82, 2.24) is 9.88 Å². The van der Waals surface area contributed by atoms with Crippen molar-refractivity contribution in [2.45, 2.75) is 50.2 Å². The van der Waals surface area contributed by atoms with Crippen LogP contribution in [0.25, 0.3) is 10.9 Å². The van der Waals surface area contributed by atoms with E-state index in [0.29, 0.717) is 55.4 Å². The van der Waals surface area contributed by atoms with Crippen molar-refractivity contribution in [1.29, 1.82) is 0 Å². The van der Waals surface area contributed by atoms with Gasteiger partial charge in [0.25, 0.3) is 0 Å². The number of hydrogen-bond donors (Lipinski definition) is 2. The number of aliphatic hydroxyl groups excluding tert-OH is 1. The Kier molecular flexibility index (Phi) is 7.59. The second-order valence-electron chi connectivity index (χ2n) is 10.4. The van der Waals surface area contributed by atoms with Gasteiger partial charge in [-0.25, -0.2) is 13.2 Å². The van der Waals surface area contributed by atoms with Gasteiger partial charge in [0, 0.05) is 29.1 Å². The summed E-state index contributed by atoms with van der Waals surface area (Å²) in [6.07, 6.45) is 2.39. The Morgan fingerprint density at radius 3 is 2.58 bits per heavy atom. The van der Waals surface area contributed by atoms with Gasteiger partial charge in [-0.1, -0.05) is 6.07 Å². The Labute approximate surface area is 219 Å². The zero-order valence-corrected chi connectivity index (χ0v) is 21.1. The summed E-state index contributed by atoms with van der Waals surface area (Å²) in [5.74, 6) is -3.10. The number of benzene rings is 2. The molecule has 0 spiro atoms. The summed E-state index contributed by atoms with van der Waals surface area (Å²) in [5.41, 5.74) is 0.794. The molecular formula is C29H31F3N2O4. The molecule has 1 aliphatic carbocycles. The van der Waals surface area contributed by atoms with Gasteiger partial charge >= 0.3 is 5.97 Å². The second-order valence-corrected chi connectivity index (χ2v) is 10.4. The molecule has 2 aromatic carbocycles. The third-order valence-electron chi connectivity index (χ3n) is 8.35. The van der Waals surface area contributed by atoms with E-state index >= 15 is 0 Å². The molecule has 0 radical (unpaired) electrons. The maximum Gasteiger partial charge on any atom is 0.308 e. The summed E-state index contributed by atoms with van der Waals surface area (Å²) < 4.78 is 48.3. The number of piperidine rings is 1. The highest BCUT2D eigenvalue weighted by atomic mass is 19.1. The van der Waals surface area contributed by atoms with Crippen LogP contribution in [0.5, 0.6) is 5.75 Å². The Morgan fingerprint density at radius 2 is 1.89 bits per heavy atom. The van der Waals surface area contributed by atoms with E-state index in [2.05, 4.69) is 9.88 Å². The number of aliphatic carboxylic acids is 1. The quantitative estimate of drug-likeness (QED) is 0.405. The van der Waals surface area contributed by atoms with Crippen LogP contribution in [0.4, 0.5) is 13.2 Å². The lowest BCUT2D eigenvalue weighted by Gasteiger charge is -2.47. The summed E-state index contributed by atoms with van der Waals surface area (Å²) in [6.45, 7) is 1.02. The third kappa shape index (κ3) is 5.09. The van der Waals surface area contributed by atoms with Gasteiger partial charge in [-0.05, 0) is 80.8 Å². The topological polar surface area (TPSA) is 82.9 Å². The molecule has 0 unspecified atom stereocenters. The molecule has 9 heteroatoms. The van der Waals surface area contributed by atoms with Crippen LogP contribution in [0.3, 0.4) is 0 Å². The average Bonchev–Trinajstić information content (AvgIpc) is 2.87. The summed E-state index contributed by atoms with van der Waals surface area (Å²) >= 11 is 0. The molecule has 2 fully saturated rings. The number of fused-ring (bicyclic) bond motifs is 1. The van der Waals surface area contributed by atoms with E-state index in [4.69, 9.17) is 4.74 Å². The minimum Gasteiger partial charge on any atom is -0.497 e. The molecule has 6 nitrogen and oxygen atoms in total. The van der Waals surface area contributed by atoms with E-state index in [0.717, 1.165) is 6.20 Å². The maximum absolute atomic E-state index is 14.8. The molecule has 2 heterocycles. The molecule has 1 saturated heterocycles. The van der Waals surface area contributed by atoms with Crippen molar-refractivity contribution in [2.75, 3.05) is 20.2 Å². The van der Waals surface area contributed by atoms with Crippen molar-refractivity contribution >= 4 is 16.9 Å². The number of aromatic nitrogens is 1. The van der Waals surface area contributed by atoms with Crippen LogP contribution in [0, 0.1) is 29.3 Å². The number of aliphatic hydroxyl groups is 1. The molecule has 3 aromatic rings. The molecule has 0 amide bonds. The minimum absolute atomic E-state index is 0.0830. The smallest absolute Gasteiger partial charge is 0.308 e. The van der Waals surface area contributed by atoms with Crippen LogP contribution < -0.4 is 4.74 Å². The normalized spacial score (nSPS) is 24.7. The number of carboxylic acid groups (broad SMARTS) is 1. The fraction of sp³-hybridized carbons (Fsp3) is 0.448. The van der Waals surface area contributed by atoms with Gasteiger partial charge in [0.2, 0.25) is 0 Å². The van der Waals surface area contributed by atoms with Gasteiger partial charge in [0.1, 0.15) is 23.2 Å². The molecule has 2 N–H and O–H groups in total. The standard InChI is InChI=1S/C29H31F3N2O4/c1-38-19-6-7-25-20(13-19)28(24(32)14-33-25)26(35)8-5-16-9-10-34(15-21(16)29(36)37)18-11-17(12-18)27-22(30)3-2-4-23(27)31/h2-4,6-7,13-14,16-18,21,26,35H,5,8-12,15H2,1H3,(H,36,37)/t16-,17?,18?,21+,26+/m1/s1. The van der Waals surface area contributed by atoms with E-state index in [-0.39, 0.29) is 35.4 Å². The number of rotatable bonds is 8. The van der Waals surface area contributed by atoms with E-state index in [9.17, 15) is 28.2 Å². The second kappa shape index (κ2) is 10.9. The van der Waals surface area contributed by atoms with Crippen molar-refractivity contribution < 1.29 is 32.9 Å². The van der Waals surface area contributed by atoms with Gasteiger partial charge in [0.05, 0.1) is 30.8 Å². The lowest BCUT2D eigenvalue weighted by atomic mass is 9.72. The Balaban J connectivity index is 1.22. The maximum atomic E-state index is 14.8. The highest BCUT2D eigenvalue weighted by Crippen LogP contribution is 2.44. The first-order chi connectivity index (χ1) is 18.3. The lowest BCUT2D eigenvalue weighted by Crippen LogP contribution is -2.52. The number of carboxylic acids is 1. The van der Waals surface area contributed by atoms with E-state index in [1.54, 1.807) is 18.2 Å². The Morgan fingerprint density at radius 1 is 1.16 bits per heavy atom. The number of carbonyl (C=O) groups is 1. The predicted octanol–water partition coefficient (Wildman–Crippen LogP) is 5.44. The number of halogens is 3. The summed E-state index contributed by atoms with van der Waals surface area (Å²) in [5, 5.41) is 21.4. The SMILES string of the molecule is COc1ccc2ncc(F)c([C@@H](O)CC[C@@H]3CCN(C4CC(c5c(F)cccc5F)C4)C[C@@H]3C(=O)O)c2c1. The fourth-order valence-electron chi connectivity index (χ4n) is 6.15. The van der Waals surface area contributed by atoms with Crippen molar-refractivity contribution in [3.63, 3.8) is 0 Å². The molecule has 2 aliphatic rings. The largest absolute Gasteiger partial charge is 0.497 e. The van der Waals surface area contributed by atoms with E-state index in [1.807, 2.05) is 0 Å². The zero-order chi connectivity index (χ0) is 27.0. The van der Waals surface area contributed by atoms with Crippen LogP contribution in [0.2, 0.25) is 0 Å². The van der Waals surface area contributed by atoms with E-state index in [1.165, 1.54) is 25.3 Å². The molecule has 5 rings (SSSR count). The summed E-state index contributed by atoms with van der Waals surface area (Å²) in [7, 11) is 1.50. The van der Waals surface area contributed by atoms with Gasteiger partial charge in [-0.15, -0.1) is 0 Å². The number of methoxy groups -OCH3 is 1. The fourth-order valence-corrected chi connectivity index (χ4v) is 6.15. The number of nitrogens with zero attached hydrogens (tertiary/aromatic N) is 2. The monoisotopic (exact) mass is 528 g/mol. The first-order valence-electron chi connectivity index (χ1n) is 13.0. The van der Waals surface area contributed by atoms with Crippen LogP contribution in [0.15, 0.2) is 42.6 Å². The number of likely N-dealkylation sites (tertiary alicyclic amines) is 1. The van der Waals surface area contributed by atoms with Crippen molar-refractivity contribution in [3.8, 4) is 5.75 Å². The van der Waals surface area contributed by atoms with Crippen LogP contribution >= 0.6 is 0 Å². The summed E-state index contributed by atoms with van der Waals surface area (Å²) in [4.78, 5) is 18.4. The van der Waals surface area contributed by atoms with E-state index < -0.39 is 35.4 Å². The van der Waals surface area contributed by atoms with Gasteiger partial charge in [0.15, 0.2) is 0 Å². The molecule has 1 saturated carbocycles. The number of ether oxygens (including phenoxy) is 1. The molecule has 0 bridgehead atoms. The number of pyridine rings is 1. The zero-order valence-electron chi connectivity index (χ0n) is 21.1. The molecular weight excluding hydrogens is 497 g/mol. The van der Waals surface area contributed by atoms with Crippen molar-refractivity contribution in [3.05, 3.63) is 71.2 Å². The first-order valence-corrected chi connectivity index (χ1v) is 13.0. The van der Waals surface area contributed by atoms with Crippen LogP contribution in [-0.2, 0) is 4.79 Å². The number of hydrogen-bond acceptors (Lipinski definition) is 5. The highest BCUT2D eigenvalue weighted by Gasteiger charge is 2.42. The highest BCUT2D eigenvalue weighted by molar-refractivity contribution is 5.84. The van der Waals surface area contributed by atoms with Gasteiger partial charge in [-0.3, -0.25) is 14.7 Å². The molecule has 1 aliphatic heterocycles. The Bertz CT molecular complexity index is 1310. The summed E-state index contributed by atoms with van der Waals surface area (Å²) in [6, 6.07) is 9.02. The molecule has 1 aromatic heterocycles. The van der Waals surface area contributed by atoms with Gasteiger partial charge in [-0.2, -0.15) is 0 Å². The van der Waals surface area contributed by atoms with Crippen molar-refractivity contribution in [2.24, 2.45) is 11.8 Å². The van der Waals surface area contributed by atoms with Crippen LogP contribution in [-0.4, -0.2) is 52.3 Å². The molecule has 38 heavy (non-hydrogen) atoms. The first kappa shape index (κ1) is 26.4.